The van der Waals surface area contributed by atoms with Gasteiger partial charge in [-0.05, 0) is 44.4 Å². The van der Waals surface area contributed by atoms with Crippen LogP contribution in [-0.4, -0.2) is 59.9 Å². The summed E-state index contributed by atoms with van der Waals surface area (Å²) >= 11 is 0. The number of carbonyl (C=O) groups excluding carboxylic acids is 4. The predicted molar refractivity (Wildman–Crippen MR) is 264 cm³/mol. The van der Waals surface area contributed by atoms with Crippen molar-refractivity contribution >= 4 is 24.3 Å². The molecular formula is C55H103NO8. The molecule has 7 atom stereocenters. The number of ether oxygens (including phenoxy) is 3. The zero-order chi connectivity index (χ0) is 47.0. The van der Waals surface area contributed by atoms with E-state index in [1.807, 2.05) is 13.8 Å². The Morgan fingerprint density at radius 1 is 0.562 bits per heavy atom. The maximum Gasteiger partial charge on any atom is 0.328 e. The van der Waals surface area contributed by atoms with Crippen LogP contribution in [0.15, 0.2) is 0 Å². The van der Waals surface area contributed by atoms with E-state index in [9.17, 15) is 24.3 Å². The van der Waals surface area contributed by atoms with Gasteiger partial charge < -0.3 is 24.6 Å². The molecule has 0 radical (unpaired) electrons. The predicted octanol–water partition coefficient (Wildman–Crippen LogP) is 14.6. The lowest BCUT2D eigenvalue weighted by Crippen LogP contribution is -2.48. The second-order valence-electron chi connectivity index (χ2n) is 20.2. The topological polar surface area (TPSA) is 128 Å². The highest BCUT2D eigenvalue weighted by molar-refractivity contribution is 5.79. The summed E-state index contributed by atoms with van der Waals surface area (Å²) in [4.78, 5) is 47.7. The molecule has 2 saturated heterocycles. The van der Waals surface area contributed by atoms with Gasteiger partial charge in [0, 0.05) is 12.8 Å². The number of cyclic esters (lactones) is 2. The number of aliphatic hydroxyl groups is 1. The summed E-state index contributed by atoms with van der Waals surface area (Å²) in [5.41, 5.74) is 0. The Balaban J connectivity index is 0.000000672. The second-order valence-corrected chi connectivity index (χ2v) is 20.2. The monoisotopic (exact) mass is 906 g/mol. The zero-order valence-electron chi connectivity index (χ0n) is 42.7. The first-order chi connectivity index (χ1) is 31.1. The van der Waals surface area contributed by atoms with Crippen molar-refractivity contribution in [3.63, 3.8) is 0 Å². The van der Waals surface area contributed by atoms with Gasteiger partial charge in [0.15, 0.2) is 0 Å². The highest BCUT2D eigenvalue weighted by Crippen LogP contribution is 2.34. The fraction of sp³-hybridized carbons (Fsp3) is 0.927. The minimum Gasteiger partial charge on any atom is -0.461 e. The van der Waals surface area contributed by atoms with E-state index in [2.05, 4.69) is 33.0 Å². The average molecular weight is 906 g/mol. The third-order valence-corrected chi connectivity index (χ3v) is 13.6. The Bertz CT molecular complexity index is 1130. The van der Waals surface area contributed by atoms with Crippen molar-refractivity contribution in [2.24, 2.45) is 17.8 Å². The Kier molecular flexibility index (Phi) is 38.4. The van der Waals surface area contributed by atoms with E-state index in [0.29, 0.717) is 25.7 Å². The van der Waals surface area contributed by atoms with E-state index in [-0.39, 0.29) is 60.1 Å². The van der Waals surface area contributed by atoms with Crippen molar-refractivity contribution in [2.75, 3.05) is 0 Å². The summed E-state index contributed by atoms with van der Waals surface area (Å²) in [6.07, 6.45) is 42.8. The maximum atomic E-state index is 12.9. The van der Waals surface area contributed by atoms with Crippen molar-refractivity contribution in [2.45, 2.75) is 310 Å². The Morgan fingerprint density at radius 2 is 0.922 bits per heavy atom. The molecule has 0 saturated carbocycles. The summed E-state index contributed by atoms with van der Waals surface area (Å²) in [5.74, 6) is -0.294. The van der Waals surface area contributed by atoms with Crippen LogP contribution in [0.2, 0.25) is 0 Å². The Labute approximate surface area is 394 Å². The Hall–Kier alpha value is -2.16. The van der Waals surface area contributed by atoms with Crippen LogP contribution in [0.4, 0.5) is 0 Å². The minimum absolute atomic E-state index is 0.0261. The summed E-state index contributed by atoms with van der Waals surface area (Å²) in [6.45, 7) is 12.9. The molecule has 2 N–H and O–H groups in total. The van der Waals surface area contributed by atoms with Crippen LogP contribution in [0.1, 0.15) is 279 Å². The van der Waals surface area contributed by atoms with Crippen molar-refractivity contribution < 1.29 is 38.5 Å². The molecule has 1 amide bonds. The van der Waals surface area contributed by atoms with Crippen LogP contribution in [-0.2, 0) is 33.4 Å². The van der Waals surface area contributed by atoms with Gasteiger partial charge in [-0.15, -0.1) is 0 Å². The molecular weight excluding hydrogens is 803 g/mol. The van der Waals surface area contributed by atoms with E-state index in [1.54, 1.807) is 0 Å². The van der Waals surface area contributed by atoms with Crippen LogP contribution < -0.4 is 5.32 Å². The van der Waals surface area contributed by atoms with Gasteiger partial charge in [-0.3, -0.25) is 14.4 Å². The van der Waals surface area contributed by atoms with Gasteiger partial charge in [-0.25, -0.2) is 4.79 Å². The van der Waals surface area contributed by atoms with Gasteiger partial charge >= 0.3 is 17.9 Å². The molecule has 0 unspecified atom stereocenters. The van der Waals surface area contributed by atoms with E-state index >= 15 is 0 Å². The quantitative estimate of drug-likeness (QED) is 0.0268. The number of unbranched alkanes of at least 4 members (excludes halogenated alkanes) is 26. The van der Waals surface area contributed by atoms with E-state index in [1.165, 1.54) is 154 Å². The van der Waals surface area contributed by atoms with Crippen molar-refractivity contribution in [1.29, 1.82) is 0 Å². The summed E-state index contributed by atoms with van der Waals surface area (Å²) < 4.78 is 16.7. The van der Waals surface area contributed by atoms with Crippen LogP contribution in [0.3, 0.4) is 0 Å². The smallest absolute Gasteiger partial charge is 0.328 e. The standard InChI is InChI=1S/C31H57NO5.C24H46O3/c1-5-7-9-11-12-13-14-15-16-17-18-20-26(36-31(35)28(32-24-33)22-25(3)4)23-29-27(30(34)37-29)21-19-10-8-6-2;1-3-5-7-9-10-11-12-13-14-15-16-18-21(25)20-23-22(24(26)27-23)19-17-8-6-4-2/h24-29H,5-23H2,1-4H3,(H,32,33);21-23,25H,3-20H2,1-2H3/t26-,27+,28-,29+;21-,22-,23-/m01/s1. The summed E-state index contributed by atoms with van der Waals surface area (Å²) in [5, 5.41) is 12.9. The molecule has 2 heterocycles. The number of esters is 3. The lowest BCUT2D eigenvalue weighted by atomic mass is 9.86. The van der Waals surface area contributed by atoms with Gasteiger partial charge in [0.25, 0.3) is 0 Å². The number of hydrogen-bond donors (Lipinski definition) is 2. The fourth-order valence-electron chi connectivity index (χ4n) is 9.39. The third kappa shape index (κ3) is 30.2. The number of carbonyl (C=O) groups is 4. The van der Waals surface area contributed by atoms with Crippen molar-refractivity contribution in [3.8, 4) is 0 Å². The first kappa shape index (κ1) is 59.9. The van der Waals surface area contributed by atoms with Crippen LogP contribution >= 0.6 is 0 Å². The van der Waals surface area contributed by atoms with Gasteiger partial charge in [0.1, 0.15) is 24.4 Å². The first-order valence-corrected chi connectivity index (χ1v) is 27.6. The number of hydrogen-bond acceptors (Lipinski definition) is 8. The van der Waals surface area contributed by atoms with E-state index in [0.717, 1.165) is 64.2 Å². The molecule has 2 rings (SSSR count). The van der Waals surface area contributed by atoms with E-state index < -0.39 is 6.04 Å². The minimum atomic E-state index is -0.633. The van der Waals surface area contributed by atoms with Crippen LogP contribution in [0.5, 0.6) is 0 Å². The first-order valence-electron chi connectivity index (χ1n) is 27.6. The fourth-order valence-corrected chi connectivity index (χ4v) is 9.39. The highest BCUT2D eigenvalue weighted by atomic mass is 16.6. The molecule has 0 aromatic heterocycles. The zero-order valence-corrected chi connectivity index (χ0v) is 42.7. The molecule has 0 bridgehead atoms. The molecule has 0 spiro atoms. The number of nitrogens with one attached hydrogen (secondary N) is 1. The van der Waals surface area contributed by atoms with E-state index in [4.69, 9.17) is 14.2 Å². The molecule has 0 aromatic rings. The third-order valence-electron chi connectivity index (χ3n) is 13.6. The average Bonchev–Trinajstić information content (AvgIpc) is 3.26. The van der Waals surface area contributed by atoms with Gasteiger partial charge in [-0.2, -0.15) is 0 Å². The lowest BCUT2D eigenvalue weighted by Gasteiger charge is -2.37. The molecule has 9 heteroatoms. The number of rotatable bonds is 44. The van der Waals surface area contributed by atoms with Gasteiger partial charge in [0.2, 0.25) is 6.41 Å². The molecule has 64 heavy (non-hydrogen) atoms. The lowest BCUT2D eigenvalue weighted by molar-refractivity contribution is -0.191. The van der Waals surface area contributed by atoms with Crippen LogP contribution in [0.25, 0.3) is 0 Å². The summed E-state index contributed by atoms with van der Waals surface area (Å²) in [7, 11) is 0. The second kappa shape index (κ2) is 41.1. The molecule has 2 aliphatic heterocycles. The van der Waals surface area contributed by atoms with Gasteiger partial charge in [0.05, 0.1) is 17.9 Å². The number of amides is 1. The summed E-state index contributed by atoms with van der Waals surface area (Å²) in [6, 6.07) is -0.633. The van der Waals surface area contributed by atoms with Crippen molar-refractivity contribution in [3.05, 3.63) is 0 Å². The number of aliphatic hydroxyl groups excluding tert-OH is 1. The molecule has 2 aliphatic rings. The molecule has 0 aliphatic carbocycles. The molecule has 0 aromatic carbocycles. The maximum absolute atomic E-state index is 12.9. The molecule has 9 nitrogen and oxygen atoms in total. The molecule has 376 valence electrons. The van der Waals surface area contributed by atoms with Crippen LogP contribution in [0, 0.1) is 17.8 Å². The van der Waals surface area contributed by atoms with Gasteiger partial charge in [-0.1, -0.05) is 228 Å². The SMILES string of the molecule is CCCCCCCCCCCCC[C@@H](C[C@H]1OC(=O)[C@@H]1CCCCCC)OC(=O)[C@H](CC(C)C)NC=O.CCCCCCCCCCCCC[C@@H](O)C[C@H]1OC(=O)[C@@H]1CCCCCC. The van der Waals surface area contributed by atoms with Crippen molar-refractivity contribution in [1.82, 2.24) is 5.32 Å². The Morgan fingerprint density at radius 3 is 1.30 bits per heavy atom. The largest absolute Gasteiger partial charge is 0.461 e. The molecule has 2 fully saturated rings. The highest BCUT2D eigenvalue weighted by Gasteiger charge is 2.44. The normalized spacial score (nSPS) is 19.4.